The summed E-state index contributed by atoms with van der Waals surface area (Å²) in [6.45, 7) is 1.90. The smallest absolute Gasteiger partial charge is 0.342 e. The molecule has 112 valence electrons. The molecule has 1 aromatic carbocycles. The van der Waals surface area contributed by atoms with Crippen molar-refractivity contribution in [3.63, 3.8) is 0 Å². The summed E-state index contributed by atoms with van der Waals surface area (Å²) < 4.78 is 5.75. The minimum absolute atomic E-state index is 0.0204. The summed E-state index contributed by atoms with van der Waals surface area (Å²) in [5, 5.41) is 0. The average molecular weight is 360 g/mol. The largest absolute Gasteiger partial charge is 0.462 e. The number of ketones is 1. The molecule has 0 radical (unpaired) electrons. The van der Waals surface area contributed by atoms with Crippen molar-refractivity contribution in [3.05, 3.63) is 70.0 Å². The molecule has 0 spiro atoms. The number of halogens is 1. The Balaban J connectivity index is 2.43. The van der Waals surface area contributed by atoms with Gasteiger partial charge in [-0.2, -0.15) is 0 Å². The van der Waals surface area contributed by atoms with Gasteiger partial charge in [-0.25, -0.2) is 4.79 Å². The second-order valence-corrected chi connectivity index (χ2v) is 5.33. The van der Waals surface area contributed by atoms with Gasteiger partial charge in [0.15, 0.2) is 5.78 Å². The van der Waals surface area contributed by atoms with Crippen LogP contribution in [0.5, 0.6) is 0 Å². The van der Waals surface area contributed by atoms with Crippen molar-refractivity contribution in [1.29, 1.82) is 0 Å². The van der Waals surface area contributed by atoms with Crippen molar-refractivity contribution in [1.82, 2.24) is 4.98 Å². The molecule has 2 aromatic rings. The fourth-order valence-electron chi connectivity index (χ4n) is 1.84. The zero-order valence-electron chi connectivity index (χ0n) is 12.0. The summed E-state index contributed by atoms with van der Waals surface area (Å²) >= 11 is 3.31. The maximum Gasteiger partial charge on any atom is 0.342 e. The van der Waals surface area contributed by atoms with E-state index in [1.807, 2.05) is 6.07 Å². The van der Waals surface area contributed by atoms with Gasteiger partial charge in [0.25, 0.3) is 0 Å². The third-order valence-corrected chi connectivity index (χ3v) is 3.25. The van der Waals surface area contributed by atoms with Gasteiger partial charge in [-0.1, -0.05) is 30.3 Å². The zero-order chi connectivity index (χ0) is 15.9. The lowest BCUT2D eigenvalue weighted by molar-refractivity contribution is -0.137. The van der Waals surface area contributed by atoms with Crippen molar-refractivity contribution in [2.45, 2.75) is 6.92 Å². The molecule has 0 aliphatic carbocycles. The van der Waals surface area contributed by atoms with Gasteiger partial charge in [0.1, 0.15) is 5.57 Å². The Labute approximate surface area is 137 Å². The number of esters is 1. The molecule has 5 heteroatoms. The van der Waals surface area contributed by atoms with Crippen LogP contribution in [0.2, 0.25) is 0 Å². The standard InChI is InChI=1S/C17H14BrNO3/c1-2-22-17(21)15(9-12-8-14(18)11-19-10-12)16(20)13-6-4-3-5-7-13/h3-11H,2H2,1H3/b15-9-. The lowest BCUT2D eigenvalue weighted by Crippen LogP contribution is -2.16. The van der Waals surface area contributed by atoms with Crippen molar-refractivity contribution < 1.29 is 14.3 Å². The molecule has 0 amide bonds. The highest BCUT2D eigenvalue weighted by Crippen LogP contribution is 2.17. The molecule has 0 aliphatic heterocycles. The lowest BCUT2D eigenvalue weighted by Gasteiger charge is -2.07. The van der Waals surface area contributed by atoms with Crippen LogP contribution in [0.3, 0.4) is 0 Å². The third kappa shape index (κ3) is 4.11. The van der Waals surface area contributed by atoms with Crippen LogP contribution in [-0.2, 0) is 9.53 Å². The van der Waals surface area contributed by atoms with Crippen LogP contribution in [0.4, 0.5) is 0 Å². The highest BCUT2D eigenvalue weighted by Gasteiger charge is 2.21. The highest BCUT2D eigenvalue weighted by molar-refractivity contribution is 9.10. The van der Waals surface area contributed by atoms with E-state index in [2.05, 4.69) is 20.9 Å². The van der Waals surface area contributed by atoms with Gasteiger partial charge in [-0.15, -0.1) is 0 Å². The van der Waals surface area contributed by atoms with Crippen molar-refractivity contribution in [2.24, 2.45) is 0 Å². The highest BCUT2D eigenvalue weighted by atomic mass is 79.9. The predicted molar refractivity (Wildman–Crippen MR) is 87.3 cm³/mol. The first kappa shape index (κ1) is 16.1. The quantitative estimate of drug-likeness (QED) is 0.268. The first-order chi connectivity index (χ1) is 10.6. The van der Waals surface area contributed by atoms with Crippen LogP contribution in [0.1, 0.15) is 22.8 Å². The van der Waals surface area contributed by atoms with E-state index in [4.69, 9.17) is 4.74 Å². The Kier molecular flexibility index (Phi) is 5.61. The Morgan fingerprint density at radius 1 is 1.23 bits per heavy atom. The minimum atomic E-state index is -0.642. The zero-order valence-corrected chi connectivity index (χ0v) is 13.5. The molecule has 0 saturated carbocycles. The maximum absolute atomic E-state index is 12.5. The number of rotatable bonds is 5. The number of carbonyl (C=O) groups excluding carboxylic acids is 2. The van der Waals surface area contributed by atoms with E-state index < -0.39 is 5.97 Å². The molecule has 4 nitrogen and oxygen atoms in total. The molecule has 0 saturated heterocycles. The number of pyridine rings is 1. The molecule has 1 aromatic heterocycles. The molecule has 0 aliphatic rings. The molecule has 2 rings (SSSR count). The van der Waals surface area contributed by atoms with Crippen molar-refractivity contribution in [2.75, 3.05) is 6.61 Å². The molecule has 0 fully saturated rings. The van der Waals surface area contributed by atoms with Gasteiger partial charge in [0.2, 0.25) is 0 Å². The molecule has 0 unspecified atom stereocenters. The molecule has 0 atom stereocenters. The number of ether oxygens (including phenoxy) is 1. The molecule has 0 bridgehead atoms. The lowest BCUT2D eigenvalue weighted by atomic mass is 10.0. The Hall–Kier alpha value is -2.27. The number of hydrogen-bond acceptors (Lipinski definition) is 4. The van der Waals surface area contributed by atoms with E-state index in [-0.39, 0.29) is 18.0 Å². The Morgan fingerprint density at radius 2 is 1.95 bits per heavy atom. The summed E-state index contributed by atoms with van der Waals surface area (Å²) in [6, 6.07) is 10.4. The molecule has 0 N–H and O–H groups in total. The van der Waals surface area contributed by atoms with Crippen molar-refractivity contribution >= 4 is 33.8 Å². The fourth-order valence-corrected chi connectivity index (χ4v) is 2.23. The van der Waals surface area contributed by atoms with Crippen LogP contribution < -0.4 is 0 Å². The summed E-state index contributed by atoms with van der Waals surface area (Å²) in [5.74, 6) is -1.02. The number of aromatic nitrogens is 1. The van der Waals surface area contributed by atoms with E-state index in [1.165, 1.54) is 6.08 Å². The second-order valence-electron chi connectivity index (χ2n) is 4.41. The monoisotopic (exact) mass is 359 g/mol. The van der Waals surface area contributed by atoms with Gasteiger partial charge in [-0.3, -0.25) is 9.78 Å². The number of Topliss-reactive ketones (excluding diaryl/α,β-unsaturated/α-hetero) is 1. The summed E-state index contributed by atoms with van der Waals surface area (Å²) in [6.07, 6.45) is 4.69. The van der Waals surface area contributed by atoms with Crippen LogP contribution in [0.15, 0.2) is 58.8 Å². The summed E-state index contributed by atoms with van der Waals surface area (Å²) in [5.41, 5.74) is 1.06. The summed E-state index contributed by atoms with van der Waals surface area (Å²) in [4.78, 5) is 28.7. The van der Waals surface area contributed by atoms with E-state index >= 15 is 0 Å². The topological polar surface area (TPSA) is 56.3 Å². The van der Waals surface area contributed by atoms with Crippen LogP contribution in [-0.4, -0.2) is 23.3 Å². The number of benzene rings is 1. The van der Waals surface area contributed by atoms with E-state index in [0.717, 1.165) is 4.47 Å². The fraction of sp³-hybridized carbons (Fsp3) is 0.118. The summed E-state index contributed by atoms with van der Waals surface area (Å²) in [7, 11) is 0. The first-order valence-corrected chi connectivity index (χ1v) is 7.50. The predicted octanol–water partition coefficient (Wildman–Crippen LogP) is 3.67. The molecular weight excluding hydrogens is 346 g/mol. The van der Waals surface area contributed by atoms with Crippen LogP contribution in [0, 0.1) is 0 Å². The van der Waals surface area contributed by atoms with Gasteiger partial charge in [0.05, 0.1) is 6.61 Å². The van der Waals surface area contributed by atoms with Gasteiger partial charge in [-0.05, 0) is 40.6 Å². The number of carbonyl (C=O) groups is 2. The van der Waals surface area contributed by atoms with Gasteiger partial charge >= 0.3 is 5.97 Å². The van der Waals surface area contributed by atoms with Gasteiger partial charge < -0.3 is 4.74 Å². The molecular formula is C17H14BrNO3. The Morgan fingerprint density at radius 3 is 2.59 bits per heavy atom. The third-order valence-electron chi connectivity index (χ3n) is 2.81. The van der Waals surface area contributed by atoms with Gasteiger partial charge in [0, 0.05) is 22.4 Å². The van der Waals surface area contributed by atoms with Crippen LogP contribution >= 0.6 is 15.9 Å². The first-order valence-electron chi connectivity index (χ1n) is 6.71. The number of hydrogen-bond donors (Lipinski definition) is 0. The average Bonchev–Trinajstić information content (AvgIpc) is 2.53. The van der Waals surface area contributed by atoms with E-state index in [9.17, 15) is 9.59 Å². The van der Waals surface area contributed by atoms with Crippen LogP contribution in [0.25, 0.3) is 6.08 Å². The van der Waals surface area contributed by atoms with Crippen molar-refractivity contribution in [3.8, 4) is 0 Å². The SMILES string of the molecule is CCOC(=O)/C(=C\c1cncc(Br)c1)C(=O)c1ccccc1. The van der Waals surface area contributed by atoms with E-state index in [1.54, 1.807) is 49.6 Å². The molecule has 22 heavy (non-hydrogen) atoms. The Bertz CT molecular complexity index is 711. The molecule has 1 heterocycles. The maximum atomic E-state index is 12.5. The second kappa shape index (κ2) is 7.66. The number of nitrogens with zero attached hydrogens (tertiary/aromatic N) is 1. The minimum Gasteiger partial charge on any atom is -0.462 e. The normalized spacial score (nSPS) is 11.1. The van der Waals surface area contributed by atoms with E-state index in [0.29, 0.717) is 11.1 Å².